The first-order chi connectivity index (χ1) is 7.02. The van der Waals surface area contributed by atoms with Crippen LogP contribution < -0.4 is 0 Å². The Hall–Kier alpha value is -1.57. The molecule has 0 spiro atoms. The molecule has 0 aromatic carbocycles. The predicted molar refractivity (Wildman–Crippen MR) is 63.7 cm³/mol. The van der Waals surface area contributed by atoms with Crippen molar-refractivity contribution in [2.45, 2.75) is 27.2 Å². The van der Waals surface area contributed by atoms with Crippen LogP contribution in [0.2, 0.25) is 0 Å². The van der Waals surface area contributed by atoms with Crippen molar-refractivity contribution in [3.05, 3.63) is 47.6 Å². The fraction of sp³-hybridized carbons (Fsp3) is 0.308. The average molecular weight is 206 g/mol. The maximum absolute atomic E-state index is 10.9. The van der Waals surface area contributed by atoms with Crippen LogP contribution in [0.3, 0.4) is 0 Å². The largest absolute Gasteiger partial charge is 0.478 e. The van der Waals surface area contributed by atoms with E-state index in [4.69, 9.17) is 5.11 Å². The lowest BCUT2D eigenvalue weighted by atomic mass is 10.0. The predicted octanol–water partition coefficient (Wildman–Crippen LogP) is 3.49. The van der Waals surface area contributed by atoms with Gasteiger partial charge in [0.2, 0.25) is 0 Å². The Morgan fingerprint density at radius 1 is 1.40 bits per heavy atom. The Morgan fingerprint density at radius 3 is 2.33 bits per heavy atom. The summed E-state index contributed by atoms with van der Waals surface area (Å²) in [5.74, 6) is -0.920. The van der Waals surface area contributed by atoms with Crippen LogP contribution in [0.5, 0.6) is 0 Å². The zero-order chi connectivity index (χ0) is 11.8. The van der Waals surface area contributed by atoms with Gasteiger partial charge in [0.15, 0.2) is 0 Å². The van der Waals surface area contributed by atoms with E-state index < -0.39 is 5.97 Å². The van der Waals surface area contributed by atoms with Crippen molar-refractivity contribution in [1.82, 2.24) is 0 Å². The highest BCUT2D eigenvalue weighted by Crippen LogP contribution is 2.13. The zero-order valence-corrected chi connectivity index (χ0v) is 9.58. The third-order valence-corrected chi connectivity index (χ3v) is 1.82. The van der Waals surface area contributed by atoms with E-state index in [1.807, 2.05) is 19.9 Å². The molecular formula is C13H18O2. The first kappa shape index (κ1) is 13.4. The molecule has 0 unspecified atom stereocenters. The zero-order valence-electron chi connectivity index (χ0n) is 9.58. The number of carboxylic acids is 1. The number of rotatable bonds is 5. The molecule has 0 aliphatic rings. The molecule has 2 nitrogen and oxygen atoms in total. The second-order valence-corrected chi connectivity index (χ2v) is 3.25. The summed E-state index contributed by atoms with van der Waals surface area (Å²) in [5.41, 5.74) is 2.04. The Bertz CT molecular complexity index is 330. The Labute approximate surface area is 91.3 Å². The van der Waals surface area contributed by atoms with E-state index in [2.05, 4.69) is 6.58 Å². The Balaban J connectivity index is 5.17. The van der Waals surface area contributed by atoms with Crippen LogP contribution in [-0.2, 0) is 4.79 Å². The van der Waals surface area contributed by atoms with Gasteiger partial charge in [-0.1, -0.05) is 37.3 Å². The van der Waals surface area contributed by atoms with Gasteiger partial charge in [0.1, 0.15) is 0 Å². The SMILES string of the molecule is C=C(C)C(=C\CC)/C=C(\C=C/C)C(=O)O. The molecule has 2 heteroatoms. The molecule has 0 radical (unpaired) electrons. The van der Waals surface area contributed by atoms with Gasteiger partial charge in [0, 0.05) is 0 Å². The first-order valence-corrected chi connectivity index (χ1v) is 4.96. The third-order valence-electron chi connectivity index (χ3n) is 1.82. The minimum atomic E-state index is -0.920. The molecule has 1 N–H and O–H groups in total. The molecule has 0 rings (SSSR count). The summed E-state index contributed by atoms with van der Waals surface area (Å²) >= 11 is 0. The third kappa shape index (κ3) is 5.01. The number of hydrogen-bond donors (Lipinski definition) is 1. The summed E-state index contributed by atoms with van der Waals surface area (Å²) in [6.45, 7) is 9.48. The summed E-state index contributed by atoms with van der Waals surface area (Å²) in [6.07, 6.45) is 7.76. The maximum atomic E-state index is 10.9. The van der Waals surface area contributed by atoms with Crippen LogP contribution >= 0.6 is 0 Å². The molecule has 0 aliphatic carbocycles. The number of hydrogen-bond acceptors (Lipinski definition) is 1. The molecule has 0 fully saturated rings. The Morgan fingerprint density at radius 2 is 2.00 bits per heavy atom. The lowest BCUT2D eigenvalue weighted by Gasteiger charge is -2.02. The van der Waals surface area contributed by atoms with Crippen molar-refractivity contribution in [3.63, 3.8) is 0 Å². The van der Waals surface area contributed by atoms with Gasteiger partial charge in [0.05, 0.1) is 5.57 Å². The van der Waals surface area contributed by atoms with E-state index >= 15 is 0 Å². The molecule has 82 valence electrons. The fourth-order valence-corrected chi connectivity index (χ4v) is 1.10. The molecule has 0 aromatic rings. The lowest BCUT2D eigenvalue weighted by Crippen LogP contribution is -1.98. The average Bonchev–Trinajstić information content (AvgIpc) is 2.15. The summed E-state index contributed by atoms with van der Waals surface area (Å²) in [6, 6.07) is 0. The number of aliphatic carboxylic acids is 1. The van der Waals surface area contributed by atoms with Crippen molar-refractivity contribution < 1.29 is 9.90 Å². The molecule has 0 amide bonds. The lowest BCUT2D eigenvalue weighted by molar-refractivity contribution is -0.132. The normalized spacial score (nSPS) is 13.3. The molecule has 0 saturated heterocycles. The quantitative estimate of drug-likeness (QED) is 0.552. The van der Waals surface area contributed by atoms with Gasteiger partial charge in [-0.05, 0) is 31.9 Å². The van der Waals surface area contributed by atoms with Gasteiger partial charge in [-0.15, -0.1) is 0 Å². The van der Waals surface area contributed by atoms with Crippen molar-refractivity contribution in [1.29, 1.82) is 0 Å². The fourth-order valence-electron chi connectivity index (χ4n) is 1.10. The number of carbonyl (C=O) groups is 1. The van der Waals surface area contributed by atoms with Crippen molar-refractivity contribution in [2.24, 2.45) is 0 Å². The Kier molecular flexibility index (Phi) is 6.11. The van der Waals surface area contributed by atoms with Crippen molar-refractivity contribution in [3.8, 4) is 0 Å². The number of allylic oxidation sites excluding steroid dienone is 5. The minimum absolute atomic E-state index is 0.278. The molecule has 0 bridgehead atoms. The second-order valence-electron chi connectivity index (χ2n) is 3.25. The molecule has 0 atom stereocenters. The van der Waals surface area contributed by atoms with Gasteiger partial charge < -0.3 is 5.11 Å². The van der Waals surface area contributed by atoms with E-state index in [1.165, 1.54) is 0 Å². The van der Waals surface area contributed by atoms with Crippen LogP contribution in [0.4, 0.5) is 0 Å². The van der Waals surface area contributed by atoms with Crippen LogP contribution in [0.1, 0.15) is 27.2 Å². The van der Waals surface area contributed by atoms with Gasteiger partial charge >= 0.3 is 5.97 Å². The van der Waals surface area contributed by atoms with E-state index in [9.17, 15) is 4.79 Å². The summed E-state index contributed by atoms with van der Waals surface area (Å²) in [5, 5.41) is 8.93. The first-order valence-electron chi connectivity index (χ1n) is 4.96. The van der Waals surface area contributed by atoms with Gasteiger partial charge in [-0.25, -0.2) is 4.79 Å². The van der Waals surface area contributed by atoms with E-state index in [-0.39, 0.29) is 5.57 Å². The highest BCUT2D eigenvalue weighted by atomic mass is 16.4. The molecule has 15 heavy (non-hydrogen) atoms. The summed E-state index contributed by atoms with van der Waals surface area (Å²) < 4.78 is 0. The minimum Gasteiger partial charge on any atom is -0.478 e. The van der Waals surface area contributed by atoms with E-state index in [0.717, 1.165) is 17.6 Å². The van der Waals surface area contributed by atoms with Crippen LogP contribution in [-0.4, -0.2) is 11.1 Å². The smallest absolute Gasteiger partial charge is 0.335 e. The topological polar surface area (TPSA) is 37.3 Å². The second kappa shape index (κ2) is 6.82. The van der Waals surface area contributed by atoms with Gasteiger partial charge in [-0.3, -0.25) is 0 Å². The maximum Gasteiger partial charge on any atom is 0.335 e. The highest BCUT2D eigenvalue weighted by Gasteiger charge is 2.04. The van der Waals surface area contributed by atoms with Crippen LogP contribution in [0.25, 0.3) is 0 Å². The van der Waals surface area contributed by atoms with Crippen LogP contribution in [0.15, 0.2) is 47.6 Å². The molecule has 0 aliphatic heterocycles. The van der Waals surface area contributed by atoms with Crippen molar-refractivity contribution in [2.75, 3.05) is 0 Å². The molecule has 0 aromatic heterocycles. The van der Waals surface area contributed by atoms with E-state index in [0.29, 0.717) is 0 Å². The number of carboxylic acid groups (broad SMARTS) is 1. The molecule has 0 heterocycles. The summed E-state index contributed by atoms with van der Waals surface area (Å²) in [7, 11) is 0. The molecule has 0 saturated carbocycles. The highest BCUT2D eigenvalue weighted by molar-refractivity contribution is 5.90. The van der Waals surface area contributed by atoms with E-state index in [1.54, 1.807) is 25.2 Å². The summed E-state index contributed by atoms with van der Waals surface area (Å²) in [4.78, 5) is 10.9. The van der Waals surface area contributed by atoms with Crippen molar-refractivity contribution >= 4 is 5.97 Å². The van der Waals surface area contributed by atoms with Gasteiger partial charge in [0.25, 0.3) is 0 Å². The van der Waals surface area contributed by atoms with Crippen LogP contribution in [0, 0.1) is 0 Å². The molecular weight excluding hydrogens is 188 g/mol. The standard InChI is InChI=1S/C13H18O2/c1-5-7-11(10(3)4)9-12(8-6-2)13(14)15/h6-9H,3,5H2,1-2,4H3,(H,14,15)/b8-6-,11-7-,12-9+. The monoisotopic (exact) mass is 206 g/mol. The van der Waals surface area contributed by atoms with Gasteiger partial charge in [-0.2, -0.15) is 0 Å².